The van der Waals surface area contributed by atoms with Crippen LogP contribution in [0.5, 0.6) is 5.75 Å². The number of aromatic nitrogens is 3. The summed E-state index contributed by atoms with van der Waals surface area (Å²) in [5.74, 6) is 1.54. The van der Waals surface area contributed by atoms with E-state index in [1.165, 1.54) is 10.6 Å². The number of benzene rings is 1. The molecule has 0 fully saturated rings. The Hall–Kier alpha value is -2.56. The third-order valence-corrected chi connectivity index (χ3v) is 2.97. The summed E-state index contributed by atoms with van der Waals surface area (Å²) in [5.41, 5.74) is 1.53. The Morgan fingerprint density at radius 2 is 2.05 bits per heavy atom. The zero-order valence-electron chi connectivity index (χ0n) is 10.5. The van der Waals surface area contributed by atoms with Crippen LogP contribution in [-0.2, 0) is 6.42 Å². The van der Waals surface area contributed by atoms with E-state index in [2.05, 4.69) is 10.1 Å². The van der Waals surface area contributed by atoms with Crippen molar-refractivity contribution in [3.8, 4) is 5.75 Å². The maximum absolute atomic E-state index is 11.6. The lowest BCUT2D eigenvalue weighted by Gasteiger charge is -2.05. The number of H-pyrrole nitrogens is 1. The molecule has 5 heteroatoms. The molecular formula is C14H13N3O2. The van der Waals surface area contributed by atoms with Gasteiger partial charge in [0.2, 0.25) is 0 Å². The monoisotopic (exact) mass is 255 g/mol. The van der Waals surface area contributed by atoms with Gasteiger partial charge in [-0.2, -0.15) is 0 Å². The van der Waals surface area contributed by atoms with E-state index < -0.39 is 0 Å². The van der Waals surface area contributed by atoms with Crippen LogP contribution in [-0.4, -0.2) is 21.7 Å². The minimum absolute atomic E-state index is 0.115. The fourth-order valence-electron chi connectivity index (χ4n) is 2.08. The second-order valence-electron chi connectivity index (χ2n) is 4.22. The Labute approximate surface area is 109 Å². The highest BCUT2D eigenvalue weighted by molar-refractivity contribution is 5.39. The molecular weight excluding hydrogens is 242 g/mol. The van der Waals surface area contributed by atoms with Crippen molar-refractivity contribution in [2.45, 2.75) is 6.42 Å². The standard InChI is InChI=1S/C14H13N3O2/c1-19-11-6-3-2-5-10(11)9-12-15-13-7-4-8-14(18)17(13)16-12/h2-8H,9H2,1H3,(H,15,16). The predicted molar refractivity (Wildman–Crippen MR) is 71.6 cm³/mol. The lowest BCUT2D eigenvalue weighted by Crippen LogP contribution is -2.11. The van der Waals surface area contributed by atoms with Gasteiger partial charge >= 0.3 is 0 Å². The average Bonchev–Trinajstić information content (AvgIpc) is 2.83. The van der Waals surface area contributed by atoms with Gasteiger partial charge in [-0.05, 0) is 12.1 Å². The summed E-state index contributed by atoms with van der Waals surface area (Å²) in [6.45, 7) is 0. The minimum atomic E-state index is -0.115. The summed E-state index contributed by atoms with van der Waals surface area (Å²) in [5, 5.41) is 3.00. The van der Waals surface area contributed by atoms with E-state index >= 15 is 0 Å². The molecule has 19 heavy (non-hydrogen) atoms. The quantitative estimate of drug-likeness (QED) is 0.773. The number of fused-ring (bicyclic) bond motifs is 1. The fourth-order valence-corrected chi connectivity index (χ4v) is 2.08. The molecule has 0 atom stereocenters. The van der Waals surface area contributed by atoms with Crippen LogP contribution >= 0.6 is 0 Å². The van der Waals surface area contributed by atoms with Gasteiger partial charge in [0.25, 0.3) is 5.56 Å². The van der Waals surface area contributed by atoms with Crippen molar-refractivity contribution < 1.29 is 4.74 Å². The first kappa shape index (κ1) is 11.5. The van der Waals surface area contributed by atoms with Crippen LogP contribution in [0.3, 0.4) is 0 Å². The summed E-state index contributed by atoms with van der Waals surface area (Å²) < 4.78 is 6.74. The van der Waals surface area contributed by atoms with E-state index in [1.54, 1.807) is 19.2 Å². The topological polar surface area (TPSA) is 59.4 Å². The summed E-state index contributed by atoms with van der Waals surface area (Å²) in [4.78, 5) is 16.0. The number of nitrogens with zero attached hydrogens (tertiary/aromatic N) is 2. The van der Waals surface area contributed by atoms with Crippen LogP contribution in [0, 0.1) is 0 Å². The molecule has 96 valence electrons. The van der Waals surface area contributed by atoms with Crippen LogP contribution in [0.15, 0.2) is 47.3 Å². The van der Waals surface area contributed by atoms with Gasteiger partial charge in [0.1, 0.15) is 11.6 Å². The molecule has 0 bridgehead atoms. The Bertz CT molecular complexity index is 773. The number of rotatable bonds is 3. The molecule has 0 spiro atoms. The lowest BCUT2D eigenvalue weighted by molar-refractivity contribution is 0.410. The van der Waals surface area contributed by atoms with Crippen molar-refractivity contribution in [2.24, 2.45) is 0 Å². The van der Waals surface area contributed by atoms with Gasteiger partial charge in [0, 0.05) is 18.1 Å². The molecule has 0 unspecified atom stereocenters. The minimum Gasteiger partial charge on any atom is -0.496 e. The van der Waals surface area contributed by atoms with Gasteiger partial charge in [-0.25, -0.2) is 9.50 Å². The first-order chi connectivity index (χ1) is 9.28. The summed E-state index contributed by atoms with van der Waals surface area (Å²) in [6.07, 6.45) is 0.588. The Morgan fingerprint density at radius 1 is 1.21 bits per heavy atom. The first-order valence-electron chi connectivity index (χ1n) is 5.96. The van der Waals surface area contributed by atoms with Gasteiger partial charge < -0.3 is 4.74 Å². The van der Waals surface area contributed by atoms with Crippen LogP contribution in [0.2, 0.25) is 0 Å². The SMILES string of the molecule is COc1ccccc1Cc1nc2cccc(=O)n2[nH]1. The number of hydrogen-bond acceptors (Lipinski definition) is 3. The molecule has 0 aliphatic carbocycles. The van der Waals surface area contributed by atoms with E-state index in [9.17, 15) is 4.79 Å². The van der Waals surface area contributed by atoms with Crippen molar-refractivity contribution in [1.82, 2.24) is 14.6 Å². The molecule has 0 aliphatic rings. The van der Waals surface area contributed by atoms with Crippen LogP contribution < -0.4 is 10.3 Å². The second-order valence-corrected chi connectivity index (χ2v) is 4.22. The summed E-state index contributed by atoms with van der Waals surface area (Å²) >= 11 is 0. The molecule has 2 heterocycles. The fraction of sp³-hybridized carbons (Fsp3) is 0.143. The van der Waals surface area contributed by atoms with E-state index in [0.717, 1.165) is 17.1 Å². The number of aromatic amines is 1. The molecule has 1 aromatic carbocycles. The van der Waals surface area contributed by atoms with Crippen molar-refractivity contribution in [1.29, 1.82) is 0 Å². The van der Waals surface area contributed by atoms with E-state index in [4.69, 9.17) is 4.74 Å². The number of para-hydroxylation sites is 1. The maximum Gasteiger partial charge on any atom is 0.271 e. The zero-order valence-corrected chi connectivity index (χ0v) is 10.5. The molecule has 0 radical (unpaired) electrons. The number of ether oxygens (including phenoxy) is 1. The number of methoxy groups -OCH3 is 1. The smallest absolute Gasteiger partial charge is 0.271 e. The summed E-state index contributed by atoms with van der Waals surface area (Å²) in [6, 6.07) is 12.8. The maximum atomic E-state index is 11.6. The Kier molecular flexibility index (Phi) is 2.79. The largest absolute Gasteiger partial charge is 0.496 e. The van der Waals surface area contributed by atoms with E-state index in [-0.39, 0.29) is 5.56 Å². The highest BCUT2D eigenvalue weighted by Crippen LogP contribution is 2.19. The van der Waals surface area contributed by atoms with Crippen LogP contribution in [0.1, 0.15) is 11.4 Å². The molecule has 3 aromatic rings. The summed E-state index contributed by atoms with van der Waals surface area (Å²) in [7, 11) is 1.64. The van der Waals surface area contributed by atoms with Crippen LogP contribution in [0.25, 0.3) is 5.65 Å². The number of nitrogens with one attached hydrogen (secondary N) is 1. The number of pyridine rings is 1. The molecule has 3 rings (SSSR count). The van der Waals surface area contributed by atoms with Gasteiger partial charge in [-0.15, -0.1) is 0 Å². The highest BCUT2D eigenvalue weighted by Gasteiger charge is 2.07. The van der Waals surface area contributed by atoms with E-state index in [0.29, 0.717) is 12.1 Å². The molecule has 2 aromatic heterocycles. The normalized spacial score (nSPS) is 10.8. The van der Waals surface area contributed by atoms with Crippen molar-refractivity contribution in [3.05, 3.63) is 64.2 Å². The molecule has 0 amide bonds. The molecule has 0 saturated heterocycles. The molecule has 5 nitrogen and oxygen atoms in total. The van der Waals surface area contributed by atoms with Crippen LogP contribution in [0.4, 0.5) is 0 Å². The lowest BCUT2D eigenvalue weighted by atomic mass is 10.1. The first-order valence-corrected chi connectivity index (χ1v) is 5.96. The van der Waals surface area contributed by atoms with Gasteiger partial charge in [0.05, 0.1) is 7.11 Å². The third-order valence-electron chi connectivity index (χ3n) is 2.97. The highest BCUT2D eigenvalue weighted by atomic mass is 16.5. The molecule has 0 aliphatic heterocycles. The predicted octanol–water partition coefficient (Wildman–Crippen LogP) is 1.62. The number of hydrogen-bond donors (Lipinski definition) is 1. The third kappa shape index (κ3) is 2.10. The second kappa shape index (κ2) is 4.61. The van der Waals surface area contributed by atoms with Crippen molar-refractivity contribution in [3.63, 3.8) is 0 Å². The molecule has 1 N–H and O–H groups in total. The zero-order chi connectivity index (χ0) is 13.2. The van der Waals surface area contributed by atoms with E-state index in [1.807, 2.05) is 24.3 Å². The van der Waals surface area contributed by atoms with Crippen molar-refractivity contribution >= 4 is 5.65 Å². The van der Waals surface area contributed by atoms with Crippen molar-refractivity contribution in [2.75, 3.05) is 7.11 Å². The average molecular weight is 255 g/mol. The van der Waals surface area contributed by atoms with Gasteiger partial charge in [-0.1, -0.05) is 24.3 Å². The van der Waals surface area contributed by atoms with Gasteiger partial charge in [-0.3, -0.25) is 9.89 Å². The van der Waals surface area contributed by atoms with Gasteiger partial charge in [0.15, 0.2) is 5.65 Å². The molecule has 0 saturated carbocycles. The Balaban J connectivity index is 2.02. The Morgan fingerprint density at radius 3 is 2.84 bits per heavy atom.